The Labute approximate surface area is 204 Å². The van der Waals surface area contributed by atoms with Crippen LogP contribution >= 0.6 is 22.7 Å². The van der Waals surface area contributed by atoms with Crippen molar-refractivity contribution in [3.63, 3.8) is 0 Å². The van der Waals surface area contributed by atoms with Crippen LogP contribution in [0.2, 0.25) is 0 Å². The van der Waals surface area contributed by atoms with Crippen molar-refractivity contribution < 1.29 is 23.7 Å². The van der Waals surface area contributed by atoms with Crippen LogP contribution in [0.1, 0.15) is 23.4 Å². The molecule has 3 heterocycles. The third-order valence-corrected chi connectivity index (χ3v) is 7.20. The van der Waals surface area contributed by atoms with E-state index < -0.39 is 12.0 Å². The Morgan fingerprint density at radius 1 is 1.15 bits per heavy atom. The summed E-state index contributed by atoms with van der Waals surface area (Å²) >= 11 is 2.73. The zero-order chi connectivity index (χ0) is 24.2. The van der Waals surface area contributed by atoms with Crippen molar-refractivity contribution in [2.45, 2.75) is 13.0 Å². The molecule has 1 aromatic carbocycles. The van der Waals surface area contributed by atoms with Crippen LogP contribution in [0.3, 0.4) is 0 Å². The van der Waals surface area contributed by atoms with E-state index in [1.807, 2.05) is 29.6 Å². The highest BCUT2D eigenvalue weighted by Crippen LogP contribution is 2.33. The van der Waals surface area contributed by atoms with Crippen LogP contribution in [0.5, 0.6) is 11.5 Å². The molecule has 3 aromatic rings. The lowest BCUT2D eigenvalue weighted by molar-refractivity contribution is -0.140. The van der Waals surface area contributed by atoms with Gasteiger partial charge in [0.15, 0.2) is 16.3 Å². The van der Waals surface area contributed by atoms with E-state index in [1.165, 1.54) is 29.8 Å². The van der Waals surface area contributed by atoms with Gasteiger partial charge in [-0.2, -0.15) is 0 Å². The van der Waals surface area contributed by atoms with Gasteiger partial charge < -0.3 is 18.9 Å². The Morgan fingerprint density at radius 3 is 2.65 bits per heavy atom. The number of carbonyl (C=O) groups is 1. The summed E-state index contributed by atoms with van der Waals surface area (Å²) in [6.45, 7) is 2.16. The monoisotopic (exact) mass is 500 g/mol. The number of fused-ring (bicyclic) bond motifs is 1. The molecule has 1 aliphatic rings. The molecule has 0 amide bonds. The second-order valence-corrected chi connectivity index (χ2v) is 9.30. The minimum atomic E-state index is -0.624. The summed E-state index contributed by atoms with van der Waals surface area (Å²) in [5, 5.41) is 1.91. The molecule has 1 atom stereocenters. The van der Waals surface area contributed by atoms with Crippen molar-refractivity contribution in [3.05, 3.63) is 77.1 Å². The Bertz CT molecular complexity index is 1400. The first-order valence-electron chi connectivity index (χ1n) is 10.4. The Morgan fingerprint density at radius 2 is 1.97 bits per heavy atom. The van der Waals surface area contributed by atoms with Crippen LogP contribution in [0.15, 0.2) is 56.8 Å². The van der Waals surface area contributed by atoms with Gasteiger partial charge in [0.25, 0.3) is 5.56 Å². The van der Waals surface area contributed by atoms with Crippen molar-refractivity contribution in [2.24, 2.45) is 4.99 Å². The molecule has 8 nitrogen and oxygen atoms in total. The quantitative estimate of drug-likeness (QED) is 0.349. The topological polar surface area (TPSA) is 88.4 Å². The molecule has 178 valence electrons. The zero-order valence-corrected chi connectivity index (χ0v) is 20.8. The maximum absolute atomic E-state index is 13.6. The third-order valence-electron chi connectivity index (χ3n) is 5.29. The lowest BCUT2D eigenvalue weighted by Gasteiger charge is -2.23. The predicted octanol–water partition coefficient (Wildman–Crippen LogP) is 2.50. The number of benzene rings is 1. The van der Waals surface area contributed by atoms with Crippen LogP contribution in [-0.4, -0.2) is 45.1 Å². The van der Waals surface area contributed by atoms with Crippen molar-refractivity contribution in [3.8, 4) is 11.5 Å². The molecule has 0 N–H and O–H groups in total. The number of carbonyl (C=O) groups excluding carboxylic acids is 1. The van der Waals surface area contributed by atoms with E-state index in [0.29, 0.717) is 37.7 Å². The molecular weight excluding hydrogens is 476 g/mol. The molecule has 0 spiro atoms. The van der Waals surface area contributed by atoms with Gasteiger partial charge in [-0.05, 0) is 30.5 Å². The normalized spacial score (nSPS) is 15.6. The number of allylic oxidation sites excluding steroid dienone is 1. The summed E-state index contributed by atoms with van der Waals surface area (Å²) < 4.78 is 23.3. The molecule has 34 heavy (non-hydrogen) atoms. The molecule has 2 aromatic heterocycles. The van der Waals surface area contributed by atoms with Crippen LogP contribution in [0.25, 0.3) is 6.08 Å². The lowest BCUT2D eigenvalue weighted by Crippen LogP contribution is -2.39. The van der Waals surface area contributed by atoms with Crippen molar-refractivity contribution in [2.75, 3.05) is 34.5 Å². The molecule has 0 fully saturated rings. The smallest absolute Gasteiger partial charge is 0.338 e. The Balaban J connectivity index is 1.88. The van der Waals surface area contributed by atoms with Crippen LogP contribution < -0.4 is 24.4 Å². The highest BCUT2D eigenvalue weighted by Gasteiger charge is 2.34. The highest BCUT2D eigenvalue weighted by atomic mass is 32.1. The van der Waals surface area contributed by atoms with Gasteiger partial charge in [-0.1, -0.05) is 29.5 Å². The Kier molecular flexibility index (Phi) is 7.30. The zero-order valence-electron chi connectivity index (χ0n) is 19.2. The fraction of sp³-hybridized carbons (Fsp3) is 0.292. The average molecular weight is 501 g/mol. The molecule has 0 saturated carbocycles. The number of thiophene rings is 1. The van der Waals surface area contributed by atoms with Crippen molar-refractivity contribution >= 4 is 34.7 Å². The number of aromatic nitrogens is 1. The van der Waals surface area contributed by atoms with E-state index in [4.69, 9.17) is 18.9 Å². The second-order valence-electron chi connectivity index (χ2n) is 7.31. The van der Waals surface area contributed by atoms with E-state index in [0.717, 1.165) is 4.88 Å². The molecule has 0 unspecified atom stereocenters. The van der Waals surface area contributed by atoms with E-state index in [1.54, 1.807) is 37.9 Å². The number of hydrogen-bond acceptors (Lipinski definition) is 9. The first-order chi connectivity index (χ1) is 16.5. The summed E-state index contributed by atoms with van der Waals surface area (Å²) in [6.07, 6.45) is 1.76. The number of hydrogen-bond donors (Lipinski definition) is 0. The van der Waals surface area contributed by atoms with Gasteiger partial charge in [0.05, 0.1) is 36.6 Å². The van der Waals surface area contributed by atoms with Gasteiger partial charge in [-0.3, -0.25) is 9.36 Å². The molecule has 4 rings (SSSR count). The summed E-state index contributed by atoms with van der Waals surface area (Å²) in [4.78, 5) is 32.6. The molecule has 0 bridgehead atoms. The maximum atomic E-state index is 13.6. The Hall–Kier alpha value is -3.21. The maximum Gasteiger partial charge on any atom is 0.338 e. The number of methoxy groups -OCH3 is 3. The van der Waals surface area contributed by atoms with Gasteiger partial charge in [0, 0.05) is 17.6 Å². The van der Waals surface area contributed by atoms with Gasteiger partial charge >= 0.3 is 5.97 Å². The molecule has 0 aliphatic carbocycles. The van der Waals surface area contributed by atoms with E-state index in [2.05, 4.69) is 4.99 Å². The third kappa shape index (κ3) is 4.44. The SMILES string of the molecule is COCCOC(=O)C1=C(C)N=c2s/c(=C\c3cccc(OC)c3OC)c(=O)n2[C@@H]1c1cccs1. The number of para-hydroxylation sites is 1. The molecular formula is C24H24N2O6S2. The van der Waals surface area contributed by atoms with Crippen molar-refractivity contribution in [1.82, 2.24) is 4.57 Å². The molecule has 1 aliphatic heterocycles. The van der Waals surface area contributed by atoms with Crippen LogP contribution in [-0.2, 0) is 14.3 Å². The van der Waals surface area contributed by atoms with E-state index in [9.17, 15) is 9.59 Å². The lowest BCUT2D eigenvalue weighted by atomic mass is 10.0. The van der Waals surface area contributed by atoms with Gasteiger partial charge in [0.2, 0.25) is 0 Å². The standard InChI is InChI=1S/C24H24N2O6S2/c1-14-19(23(28)32-11-10-29-2)20(17-9-6-12-33-17)26-22(27)18(34-24(26)25-14)13-15-7-5-8-16(30-3)21(15)31-4/h5-9,12-13,20H,10-11H2,1-4H3/b18-13-/t20-/m1/s1. The first kappa shape index (κ1) is 23.9. The number of esters is 1. The average Bonchev–Trinajstić information content (AvgIpc) is 3.46. The summed E-state index contributed by atoms with van der Waals surface area (Å²) in [6, 6.07) is 8.63. The van der Waals surface area contributed by atoms with Crippen molar-refractivity contribution in [1.29, 1.82) is 0 Å². The molecule has 0 radical (unpaired) electrons. The summed E-state index contributed by atoms with van der Waals surface area (Å²) in [7, 11) is 4.65. The number of ether oxygens (including phenoxy) is 4. The second kappa shape index (κ2) is 10.4. The van der Waals surface area contributed by atoms with Crippen LogP contribution in [0.4, 0.5) is 0 Å². The molecule has 10 heteroatoms. The highest BCUT2D eigenvalue weighted by molar-refractivity contribution is 7.10. The fourth-order valence-corrected chi connectivity index (χ4v) is 5.62. The molecule has 0 saturated heterocycles. The van der Waals surface area contributed by atoms with Gasteiger partial charge in [-0.15, -0.1) is 11.3 Å². The van der Waals surface area contributed by atoms with Gasteiger partial charge in [-0.25, -0.2) is 9.79 Å². The van der Waals surface area contributed by atoms with Gasteiger partial charge in [0.1, 0.15) is 12.6 Å². The van der Waals surface area contributed by atoms with E-state index >= 15 is 0 Å². The number of rotatable bonds is 8. The fourth-order valence-electron chi connectivity index (χ4n) is 3.76. The van der Waals surface area contributed by atoms with Crippen LogP contribution in [0, 0.1) is 0 Å². The minimum absolute atomic E-state index is 0.114. The number of thiazole rings is 1. The van der Waals surface area contributed by atoms with E-state index in [-0.39, 0.29) is 18.8 Å². The minimum Gasteiger partial charge on any atom is -0.493 e. The first-order valence-corrected chi connectivity index (χ1v) is 12.1. The predicted molar refractivity (Wildman–Crippen MR) is 130 cm³/mol. The summed E-state index contributed by atoms with van der Waals surface area (Å²) in [5.74, 6) is 0.585. The summed E-state index contributed by atoms with van der Waals surface area (Å²) in [5.41, 5.74) is 1.32. The largest absolute Gasteiger partial charge is 0.493 e. The number of nitrogens with zero attached hydrogens (tertiary/aromatic N) is 2.